The number of nitrogens with zero attached hydrogens (tertiary/aromatic N) is 1. The molecule has 0 saturated heterocycles. The number of carboxylic acid groups (broad SMARTS) is 2. The van der Waals surface area contributed by atoms with E-state index >= 15 is 0 Å². The summed E-state index contributed by atoms with van der Waals surface area (Å²) in [6, 6.07) is -3.38. The van der Waals surface area contributed by atoms with Crippen molar-refractivity contribution >= 4 is 29.7 Å². The Hall–Kier alpha value is -3.48. The number of rotatable bonds is 12. The molecule has 0 aliphatic heterocycles. The van der Waals surface area contributed by atoms with Gasteiger partial charge >= 0.3 is 11.9 Å². The lowest BCUT2D eigenvalue weighted by Crippen LogP contribution is -2.53. The summed E-state index contributed by atoms with van der Waals surface area (Å²) in [6.45, 7) is 0.823. The molecule has 0 spiro atoms. The molecule has 1 aromatic rings. The van der Waals surface area contributed by atoms with Gasteiger partial charge in [-0.2, -0.15) is 0 Å². The van der Waals surface area contributed by atoms with Gasteiger partial charge < -0.3 is 36.9 Å². The molecule has 0 aliphatic rings. The van der Waals surface area contributed by atoms with Crippen molar-refractivity contribution in [1.82, 2.24) is 25.9 Å². The number of aliphatic carboxylic acids is 2. The molecule has 3 amide bonds. The molecular formula is C16H24N6O7. The third-order valence-corrected chi connectivity index (χ3v) is 3.73. The van der Waals surface area contributed by atoms with Crippen molar-refractivity contribution in [2.75, 3.05) is 6.54 Å². The number of nitrogens with two attached hydrogens (primary N) is 1. The molecule has 0 fully saturated rings. The largest absolute Gasteiger partial charge is 0.481 e. The molecular weight excluding hydrogens is 388 g/mol. The minimum absolute atomic E-state index is 0.0410. The lowest BCUT2D eigenvalue weighted by atomic mass is 10.1. The first-order valence-electron chi connectivity index (χ1n) is 8.65. The number of carbonyl (C=O) groups excluding carboxylic acids is 3. The van der Waals surface area contributed by atoms with Crippen LogP contribution in [0.1, 0.15) is 25.5 Å². The fourth-order valence-electron chi connectivity index (χ4n) is 2.19. The minimum atomic E-state index is -1.28. The Kier molecular flexibility index (Phi) is 9.25. The third-order valence-electron chi connectivity index (χ3n) is 3.73. The van der Waals surface area contributed by atoms with Crippen molar-refractivity contribution in [2.45, 2.75) is 44.3 Å². The number of carbonyl (C=O) groups is 5. The quantitative estimate of drug-likeness (QED) is 0.190. The van der Waals surface area contributed by atoms with Crippen LogP contribution in [0.2, 0.25) is 0 Å². The topological polar surface area (TPSA) is 217 Å². The fourth-order valence-corrected chi connectivity index (χ4v) is 2.19. The van der Waals surface area contributed by atoms with Crippen LogP contribution in [-0.4, -0.2) is 74.5 Å². The number of hydrogen-bond acceptors (Lipinski definition) is 7. The van der Waals surface area contributed by atoms with Gasteiger partial charge in [0.05, 0.1) is 18.9 Å². The van der Waals surface area contributed by atoms with E-state index in [4.69, 9.17) is 10.8 Å². The maximum atomic E-state index is 12.2. The van der Waals surface area contributed by atoms with E-state index in [-0.39, 0.29) is 12.8 Å². The second-order valence-corrected chi connectivity index (χ2v) is 6.24. The van der Waals surface area contributed by atoms with Crippen molar-refractivity contribution in [3.8, 4) is 0 Å². The number of amides is 3. The summed E-state index contributed by atoms with van der Waals surface area (Å²) < 4.78 is 0. The predicted octanol–water partition coefficient (Wildman–Crippen LogP) is -2.67. The summed E-state index contributed by atoms with van der Waals surface area (Å²) in [5, 5.41) is 24.8. The Morgan fingerprint density at radius 2 is 1.83 bits per heavy atom. The van der Waals surface area contributed by atoms with Gasteiger partial charge in [-0.05, 0) is 13.3 Å². The predicted molar refractivity (Wildman–Crippen MR) is 97.3 cm³/mol. The Bertz CT molecular complexity index is 734. The minimum Gasteiger partial charge on any atom is -0.481 e. The molecule has 13 nitrogen and oxygen atoms in total. The molecule has 3 atom stereocenters. The lowest BCUT2D eigenvalue weighted by molar-refractivity contribution is -0.141. The summed E-state index contributed by atoms with van der Waals surface area (Å²) in [5.74, 6) is -4.68. The van der Waals surface area contributed by atoms with Crippen LogP contribution in [0.15, 0.2) is 12.5 Å². The average Bonchev–Trinajstić information content (AvgIpc) is 3.15. The molecule has 0 bridgehead atoms. The molecule has 8 N–H and O–H groups in total. The van der Waals surface area contributed by atoms with Crippen molar-refractivity contribution in [2.24, 2.45) is 5.73 Å². The van der Waals surface area contributed by atoms with Gasteiger partial charge in [-0.15, -0.1) is 0 Å². The molecule has 29 heavy (non-hydrogen) atoms. The maximum absolute atomic E-state index is 12.2. The monoisotopic (exact) mass is 412 g/mol. The number of nitrogens with one attached hydrogen (secondary N) is 4. The molecule has 1 heterocycles. The first kappa shape index (κ1) is 23.6. The molecule has 160 valence electrons. The van der Waals surface area contributed by atoms with Gasteiger partial charge in [-0.25, -0.2) is 9.78 Å². The summed E-state index contributed by atoms with van der Waals surface area (Å²) in [5.41, 5.74) is 5.91. The number of H-pyrrole nitrogens is 1. The van der Waals surface area contributed by atoms with E-state index in [0.717, 1.165) is 0 Å². The molecule has 0 aliphatic carbocycles. The van der Waals surface area contributed by atoms with Crippen molar-refractivity contribution in [3.05, 3.63) is 18.2 Å². The first-order chi connectivity index (χ1) is 13.6. The van der Waals surface area contributed by atoms with Crippen LogP contribution in [-0.2, 0) is 30.4 Å². The van der Waals surface area contributed by atoms with E-state index in [1.807, 2.05) is 0 Å². The van der Waals surface area contributed by atoms with Crippen LogP contribution >= 0.6 is 0 Å². The normalized spacial score (nSPS) is 13.6. The maximum Gasteiger partial charge on any atom is 0.326 e. The number of carboxylic acids is 2. The van der Waals surface area contributed by atoms with E-state index in [1.54, 1.807) is 0 Å². The Balaban J connectivity index is 2.61. The standard InChI is InChI=1S/C16H24N6O7/c1-8(17)14(26)22-10(2-3-13(24)25)15(27)19-6-12(23)21-11(16(28)29)4-9-5-18-7-20-9/h5,7-8,10-11H,2-4,6,17H2,1H3,(H,18,20)(H,19,27)(H,21,23)(H,22,26)(H,24,25)(H,28,29). The Morgan fingerprint density at radius 3 is 2.34 bits per heavy atom. The summed E-state index contributed by atoms with van der Waals surface area (Å²) in [7, 11) is 0. The lowest BCUT2D eigenvalue weighted by Gasteiger charge is -2.19. The van der Waals surface area contributed by atoms with E-state index < -0.39 is 60.8 Å². The van der Waals surface area contributed by atoms with E-state index in [9.17, 15) is 29.1 Å². The zero-order chi connectivity index (χ0) is 22.0. The number of aromatic nitrogens is 2. The van der Waals surface area contributed by atoms with Crippen LogP contribution in [0.4, 0.5) is 0 Å². The molecule has 1 rings (SSSR count). The highest BCUT2D eigenvalue weighted by Crippen LogP contribution is 2.00. The van der Waals surface area contributed by atoms with Crippen LogP contribution in [0.25, 0.3) is 0 Å². The number of imidazole rings is 1. The van der Waals surface area contributed by atoms with Gasteiger partial charge in [0.25, 0.3) is 0 Å². The summed E-state index contributed by atoms with van der Waals surface area (Å²) in [6.07, 6.45) is 2.14. The fraction of sp³-hybridized carbons (Fsp3) is 0.500. The molecule has 0 radical (unpaired) electrons. The van der Waals surface area contributed by atoms with Gasteiger partial charge in [-0.1, -0.05) is 0 Å². The number of aromatic amines is 1. The Labute approximate surface area is 165 Å². The van der Waals surface area contributed by atoms with Gasteiger partial charge in [0, 0.05) is 24.7 Å². The van der Waals surface area contributed by atoms with Crippen LogP contribution < -0.4 is 21.7 Å². The average molecular weight is 412 g/mol. The third kappa shape index (κ3) is 8.83. The van der Waals surface area contributed by atoms with Gasteiger partial charge in [0.2, 0.25) is 17.7 Å². The Morgan fingerprint density at radius 1 is 1.14 bits per heavy atom. The highest BCUT2D eigenvalue weighted by Gasteiger charge is 2.25. The van der Waals surface area contributed by atoms with Crippen molar-refractivity contribution in [1.29, 1.82) is 0 Å². The molecule has 1 aromatic heterocycles. The van der Waals surface area contributed by atoms with Crippen molar-refractivity contribution < 1.29 is 34.2 Å². The highest BCUT2D eigenvalue weighted by molar-refractivity contribution is 5.92. The zero-order valence-electron chi connectivity index (χ0n) is 15.7. The molecule has 3 unspecified atom stereocenters. The smallest absolute Gasteiger partial charge is 0.326 e. The molecule has 13 heteroatoms. The SMILES string of the molecule is CC(N)C(=O)NC(CCC(=O)O)C(=O)NCC(=O)NC(Cc1cnc[nH]1)C(=O)O. The highest BCUT2D eigenvalue weighted by atomic mass is 16.4. The summed E-state index contributed by atoms with van der Waals surface area (Å²) in [4.78, 5) is 64.4. The van der Waals surface area contributed by atoms with Gasteiger partial charge in [0.1, 0.15) is 12.1 Å². The molecule has 0 aromatic carbocycles. The van der Waals surface area contributed by atoms with Gasteiger partial charge in [0.15, 0.2) is 0 Å². The van der Waals surface area contributed by atoms with E-state index in [1.165, 1.54) is 19.4 Å². The van der Waals surface area contributed by atoms with Crippen LogP contribution in [0, 0.1) is 0 Å². The van der Waals surface area contributed by atoms with E-state index in [2.05, 4.69) is 25.9 Å². The summed E-state index contributed by atoms with van der Waals surface area (Å²) >= 11 is 0. The molecule has 0 saturated carbocycles. The zero-order valence-corrected chi connectivity index (χ0v) is 15.7. The van der Waals surface area contributed by atoms with Crippen LogP contribution in [0.3, 0.4) is 0 Å². The van der Waals surface area contributed by atoms with Gasteiger partial charge in [-0.3, -0.25) is 19.2 Å². The number of hydrogen-bond donors (Lipinski definition) is 7. The van der Waals surface area contributed by atoms with Crippen LogP contribution in [0.5, 0.6) is 0 Å². The van der Waals surface area contributed by atoms with Crippen molar-refractivity contribution in [3.63, 3.8) is 0 Å². The van der Waals surface area contributed by atoms with E-state index in [0.29, 0.717) is 5.69 Å². The second-order valence-electron chi connectivity index (χ2n) is 6.24. The first-order valence-corrected chi connectivity index (χ1v) is 8.65. The second kappa shape index (κ2) is 11.4.